The van der Waals surface area contributed by atoms with Crippen LogP contribution in [0.3, 0.4) is 0 Å². The maximum atomic E-state index is 13.0. The molecule has 8 nitrogen and oxygen atoms in total. The molecule has 0 aromatic heterocycles. The van der Waals surface area contributed by atoms with Crippen LogP contribution in [0.1, 0.15) is 28.9 Å². The van der Waals surface area contributed by atoms with Crippen LogP contribution in [0.15, 0.2) is 30.3 Å². The second-order valence-corrected chi connectivity index (χ2v) is 5.83. The molecule has 0 radical (unpaired) electrons. The lowest BCUT2D eigenvalue weighted by atomic mass is 9.91. The summed E-state index contributed by atoms with van der Waals surface area (Å²) >= 11 is 0. The van der Waals surface area contributed by atoms with Crippen molar-refractivity contribution < 1.29 is 38.7 Å². The van der Waals surface area contributed by atoms with Crippen LogP contribution >= 0.6 is 0 Å². The number of esters is 1. The molecule has 3 rings (SSSR count). The van der Waals surface area contributed by atoms with Crippen LogP contribution in [-0.2, 0) is 9.53 Å². The first kappa shape index (κ1) is 18.4. The predicted octanol–water partition coefficient (Wildman–Crippen LogP) is 2.36. The van der Waals surface area contributed by atoms with Crippen molar-refractivity contribution in [2.45, 2.75) is 19.1 Å². The summed E-state index contributed by atoms with van der Waals surface area (Å²) in [6.45, 7) is 1.15. The number of fused-ring (bicyclic) bond motifs is 1. The van der Waals surface area contributed by atoms with Crippen molar-refractivity contribution in [2.75, 3.05) is 14.2 Å². The first-order valence-electron chi connectivity index (χ1n) is 8.03. The number of hydrogen-bond acceptors (Lipinski definition) is 8. The fraction of sp³-hybridized carbons (Fsp3) is 0.263. The van der Waals surface area contributed by atoms with Crippen LogP contribution in [0, 0.1) is 0 Å². The number of carbonyl (C=O) groups is 2. The molecule has 8 heteroatoms. The van der Waals surface area contributed by atoms with Gasteiger partial charge in [0.1, 0.15) is 17.1 Å². The Morgan fingerprint density at radius 3 is 2.41 bits per heavy atom. The molecule has 2 unspecified atom stereocenters. The van der Waals surface area contributed by atoms with E-state index in [1.165, 1.54) is 26.4 Å². The molecule has 1 aliphatic rings. The Labute approximate surface area is 154 Å². The van der Waals surface area contributed by atoms with Crippen LogP contribution in [-0.4, -0.2) is 42.3 Å². The Morgan fingerprint density at radius 1 is 1.11 bits per heavy atom. The molecule has 0 aliphatic carbocycles. The van der Waals surface area contributed by atoms with Gasteiger partial charge in [-0.05, 0) is 6.07 Å². The normalized spacial score (nSPS) is 18.3. The maximum Gasteiger partial charge on any atom is 0.303 e. The van der Waals surface area contributed by atoms with E-state index in [0.717, 1.165) is 6.92 Å². The largest absolute Gasteiger partial charge is 0.508 e. The highest BCUT2D eigenvalue weighted by atomic mass is 16.6. The lowest BCUT2D eigenvalue weighted by Gasteiger charge is -2.33. The van der Waals surface area contributed by atoms with Gasteiger partial charge in [-0.15, -0.1) is 0 Å². The zero-order chi connectivity index (χ0) is 19.7. The molecule has 27 heavy (non-hydrogen) atoms. The number of carbonyl (C=O) groups excluding carboxylic acids is 2. The molecule has 2 aromatic carbocycles. The van der Waals surface area contributed by atoms with Gasteiger partial charge in [-0.3, -0.25) is 9.59 Å². The van der Waals surface area contributed by atoms with Gasteiger partial charge in [-0.1, -0.05) is 18.2 Å². The number of phenols is 2. The fourth-order valence-corrected chi connectivity index (χ4v) is 3.02. The molecule has 1 heterocycles. The van der Waals surface area contributed by atoms with Crippen LogP contribution in [0.25, 0.3) is 0 Å². The van der Waals surface area contributed by atoms with E-state index in [1.54, 1.807) is 18.2 Å². The minimum absolute atomic E-state index is 0.0593. The Kier molecular flexibility index (Phi) is 4.81. The molecule has 0 amide bonds. The summed E-state index contributed by atoms with van der Waals surface area (Å²) in [5.41, 5.74) is 0.0534. The first-order chi connectivity index (χ1) is 12.9. The van der Waals surface area contributed by atoms with Gasteiger partial charge in [0, 0.05) is 18.6 Å². The lowest BCUT2D eigenvalue weighted by molar-refractivity contribution is -0.149. The molecule has 0 bridgehead atoms. The number of ether oxygens (including phenoxy) is 4. The summed E-state index contributed by atoms with van der Waals surface area (Å²) in [5, 5.41) is 20.5. The third kappa shape index (κ3) is 3.10. The average molecular weight is 374 g/mol. The number of benzene rings is 2. The quantitative estimate of drug-likeness (QED) is 0.785. The number of rotatable bonds is 4. The van der Waals surface area contributed by atoms with E-state index in [4.69, 9.17) is 18.9 Å². The smallest absolute Gasteiger partial charge is 0.303 e. The van der Waals surface area contributed by atoms with Crippen molar-refractivity contribution in [3.05, 3.63) is 41.5 Å². The molecular weight excluding hydrogens is 356 g/mol. The Bertz CT molecular complexity index is 905. The highest BCUT2D eigenvalue weighted by Gasteiger charge is 2.45. The summed E-state index contributed by atoms with van der Waals surface area (Å²) in [5.74, 6) is -1.73. The van der Waals surface area contributed by atoms with E-state index < -0.39 is 29.7 Å². The monoisotopic (exact) mass is 374 g/mol. The fourth-order valence-electron chi connectivity index (χ4n) is 3.02. The molecule has 2 atom stereocenters. The number of aromatic hydroxyl groups is 2. The molecule has 2 aromatic rings. The van der Waals surface area contributed by atoms with E-state index in [9.17, 15) is 19.8 Å². The van der Waals surface area contributed by atoms with Gasteiger partial charge >= 0.3 is 5.97 Å². The SMILES string of the molecule is COc1cc(O)c2c(c1OC)OC(c1ccccc1O)C(OC(C)=O)C2=O. The Hall–Kier alpha value is -3.42. The van der Waals surface area contributed by atoms with Crippen molar-refractivity contribution in [1.29, 1.82) is 0 Å². The second kappa shape index (κ2) is 7.06. The summed E-state index contributed by atoms with van der Waals surface area (Å²) in [6, 6.07) is 7.42. The van der Waals surface area contributed by atoms with Crippen LogP contribution in [0.4, 0.5) is 0 Å². The standard InChI is InChI=1S/C19H18O8/c1-9(20)26-19-15(23)14-12(22)8-13(24-2)17(25-3)18(14)27-16(19)10-6-4-5-7-11(10)21/h4-8,16,19,21-22H,1-3H3. The number of hydrogen-bond donors (Lipinski definition) is 2. The molecule has 2 N–H and O–H groups in total. The number of methoxy groups -OCH3 is 2. The number of para-hydroxylation sites is 1. The maximum absolute atomic E-state index is 13.0. The summed E-state index contributed by atoms with van der Waals surface area (Å²) in [7, 11) is 2.73. The highest BCUT2D eigenvalue weighted by Crippen LogP contribution is 2.51. The minimum atomic E-state index is -1.40. The molecule has 0 saturated heterocycles. The topological polar surface area (TPSA) is 112 Å². The van der Waals surface area contributed by atoms with E-state index in [1.807, 2.05) is 0 Å². The summed E-state index contributed by atoms with van der Waals surface area (Å²) < 4.78 is 21.5. The Balaban J connectivity index is 2.23. The van der Waals surface area contributed by atoms with E-state index in [0.29, 0.717) is 0 Å². The summed E-state index contributed by atoms with van der Waals surface area (Å²) in [6.07, 6.45) is -2.54. The number of Topliss-reactive ketones (excluding diaryl/α,β-unsaturated/α-hetero) is 1. The third-order valence-corrected chi connectivity index (χ3v) is 4.17. The zero-order valence-corrected chi connectivity index (χ0v) is 14.9. The molecule has 0 fully saturated rings. The second-order valence-electron chi connectivity index (χ2n) is 5.83. The molecule has 0 saturated carbocycles. The van der Waals surface area contributed by atoms with Gasteiger partial charge in [-0.2, -0.15) is 0 Å². The van der Waals surface area contributed by atoms with E-state index in [-0.39, 0.29) is 34.1 Å². The van der Waals surface area contributed by atoms with Crippen molar-refractivity contribution in [3.63, 3.8) is 0 Å². The zero-order valence-electron chi connectivity index (χ0n) is 14.9. The van der Waals surface area contributed by atoms with Gasteiger partial charge in [0.15, 0.2) is 17.6 Å². The van der Waals surface area contributed by atoms with Crippen LogP contribution in [0.2, 0.25) is 0 Å². The molecule has 1 aliphatic heterocycles. The highest BCUT2D eigenvalue weighted by molar-refractivity contribution is 6.07. The molecule has 142 valence electrons. The molecular formula is C19H18O8. The van der Waals surface area contributed by atoms with Crippen molar-refractivity contribution in [2.24, 2.45) is 0 Å². The van der Waals surface area contributed by atoms with E-state index in [2.05, 4.69) is 0 Å². The molecule has 0 spiro atoms. The van der Waals surface area contributed by atoms with Gasteiger partial charge in [0.25, 0.3) is 0 Å². The van der Waals surface area contributed by atoms with Crippen molar-refractivity contribution >= 4 is 11.8 Å². The van der Waals surface area contributed by atoms with Gasteiger partial charge in [-0.25, -0.2) is 0 Å². The number of ketones is 1. The lowest BCUT2D eigenvalue weighted by Crippen LogP contribution is -2.39. The Morgan fingerprint density at radius 2 is 1.81 bits per heavy atom. The van der Waals surface area contributed by atoms with E-state index >= 15 is 0 Å². The van der Waals surface area contributed by atoms with Gasteiger partial charge in [0.05, 0.1) is 14.2 Å². The van der Waals surface area contributed by atoms with Crippen molar-refractivity contribution in [1.82, 2.24) is 0 Å². The van der Waals surface area contributed by atoms with Crippen LogP contribution in [0.5, 0.6) is 28.7 Å². The van der Waals surface area contributed by atoms with Gasteiger partial charge < -0.3 is 29.2 Å². The average Bonchev–Trinajstić information content (AvgIpc) is 2.63. The first-order valence-corrected chi connectivity index (χ1v) is 8.03. The summed E-state index contributed by atoms with van der Waals surface area (Å²) in [4.78, 5) is 24.6. The third-order valence-electron chi connectivity index (χ3n) is 4.17. The van der Waals surface area contributed by atoms with Crippen molar-refractivity contribution in [3.8, 4) is 28.7 Å². The van der Waals surface area contributed by atoms with Crippen LogP contribution < -0.4 is 14.2 Å². The number of phenolic OH excluding ortho intramolecular Hbond substituents is 2. The predicted molar refractivity (Wildman–Crippen MR) is 92.6 cm³/mol. The minimum Gasteiger partial charge on any atom is -0.508 e. The van der Waals surface area contributed by atoms with Gasteiger partial charge in [0.2, 0.25) is 17.6 Å².